The summed E-state index contributed by atoms with van der Waals surface area (Å²) in [6.07, 6.45) is 1.86. The van der Waals surface area contributed by atoms with Gasteiger partial charge in [0.15, 0.2) is 12.2 Å². The van der Waals surface area contributed by atoms with E-state index in [1.165, 1.54) is 0 Å². The lowest BCUT2D eigenvalue weighted by Gasteiger charge is -2.30. The molecule has 12 nitrogen and oxygen atoms in total. The molecule has 0 spiro atoms. The molecule has 0 aromatic heterocycles. The van der Waals surface area contributed by atoms with Crippen LogP contribution in [0, 0.1) is 78.0 Å². The van der Waals surface area contributed by atoms with Crippen LogP contribution in [0.25, 0.3) is 0 Å². The van der Waals surface area contributed by atoms with Crippen LogP contribution in [0.15, 0.2) is 73.8 Å². The molecule has 6 unspecified atom stereocenters. The quantitative estimate of drug-likeness (QED) is 0.0903. The van der Waals surface area contributed by atoms with Crippen LogP contribution in [0.2, 0.25) is 0 Å². The number of aryl methyl sites for hydroxylation is 1. The van der Waals surface area contributed by atoms with Crippen LogP contribution in [0.3, 0.4) is 0 Å². The predicted molar refractivity (Wildman–Crippen MR) is 211 cm³/mol. The number of esters is 2. The standard InChI is InChI=1S/C45H46N2O10/c1-5-8-9-10-11-12-13-14-33-17-21-38(22-18-33)53-29-40(31-55-43(49)7-3)57-45(51)47-27-36-24-34-23-35(41(36)25-34)26-46-44(50)56-39(30-54-42(48)6-2)28-52-37-19-15-32(4)16-20-37/h6-7,15-22,34-36,39-41H,2-3,23-31H2,1,4H3,(H,46,50)(H,47,51). The summed E-state index contributed by atoms with van der Waals surface area (Å²) in [7, 11) is 0. The van der Waals surface area contributed by atoms with Crippen molar-refractivity contribution in [3.63, 3.8) is 0 Å². The van der Waals surface area contributed by atoms with Crippen molar-refractivity contribution < 1.29 is 47.6 Å². The Kier molecular flexibility index (Phi) is 17.5. The minimum atomic E-state index is -0.906. The first-order chi connectivity index (χ1) is 27.6. The summed E-state index contributed by atoms with van der Waals surface area (Å²) in [5, 5.41) is 5.73. The van der Waals surface area contributed by atoms with Crippen LogP contribution < -0.4 is 20.1 Å². The highest BCUT2D eigenvalue weighted by Crippen LogP contribution is 2.51. The molecule has 2 aliphatic rings. The summed E-state index contributed by atoms with van der Waals surface area (Å²) in [5.41, 5.74) is 1.78. The summed E-state index contributed by atoms with van der Waals surface area (Å²) in [6, 6.07) is 14.3. The van der Waals surface area contributed by atoms with Crippen molar-refractivity contribution >= 4 is 24.1 Å². The van der Waals surface area contributed by atoms with Crippen LogP contribution >= 0.6 is 0 Å². The number of alkyl carbamates (subject to hydrolysis) is 2. The van der Waals surface area contributed by atoms with Gasteiger partial charge in [-0.3, -0.25) is 0 Å². The molecule has 12 heteroatoms. The molecule has 2 amide bonds. The Morgan fingerprint density at radius 3 is 1.63 bits per heavy atom. The summed E-state index contributed by atoms with van der Waals surface area (Å²) in [5.74, 6) is 22.2. The SMILES string of the molecule is C=CC(=O)OCC(COc1ccc(C)cc1)OC(=O)NCC1CC2CC(CNC(=O)OC(COC(=O)C=C)COc3ccc(C#CC#CC#CC#CC)cc3)C1C2. The molecule has 2 saturated carbocycles. The van der Waals surface area contributed by atoms with Gasteiger partial charge in [-0.05, 0) is 129 Å². The molecule has 57 heavy (non-hydrogen) atoms. The van der Waals surface area contributed by atoms with Gasteiger partial charge in [-0.2, -0.15) is 0 Å². The van der Waals surface area contributed by atoms with E-state index in [2.05, 4.69) is 71.2 Å². The van der Waals surface area contributed by atoms with E-state index in [0.717, 1.165) is 37.0 Å². The maximum atomic E-state index is 12.9. The van der Waals surface area contributed by atoms with Crippen molar-refractivity contribution in [3.8, 4) is 58.9 Å². The van der Waals surface area contributed by atoms with E-state index in [9.17, 15) is 19.2 Å². The first kappa shape index (κ1) is 43.0. The maximum absolute atomic E-state index is 12.9. The van der Waals surface area contributed by atoms with E-state index < -0.39 is 36.3 Å². The highest BCUT2D eigenvalue weighted by molar-refractivity contribution is 5.81. The molecular weight excluding hydrogens is 728 g/mol. The van der Waals surface area contributed by atoms with Gasteiger partial charge >= 0.3 is 24.1 Å². The van der Waals surface area contributed by atoms with E-state index >= 15 is 0 Å². The number of rotatable bonds is 18. The molecule has 2 aliphatic carbocycles. The molecule has 296 valence electrons. The molecule has 2 aromatic carbocycles. The van der Waals surface area contributed by atoms with E-state index in [0.29, 0.717) is 36.1 Å². The monoisotopic (exact) mass is 774 g/mol. The number of amides is 2. The second kappa shape index (κ2) is 23.2. The minimum absolute atomic E-state index is 0.0186. The van der Waals surface area contributed by atoms with Crippen LogP contribution in [0.4, 0.5) is 9.59 Å². The predicted octanol–water partition coefficient (Wildman–Crippen LogP) is 5.14. The first-order valence-electron chi connectivity index (χ1n) is 18.5. The number of hydrogen-bond acceptors (Lipinski definition) is 10. The molecule has 0 aliphatic heterocycles. The van der Waals surface area contributed by atoms with Gasteiger partial charge in [-0.1, -0.05) is 42.7 Å². The van der Waals surface area contributed by atoms with E-state index in [-0.39, 0.29) is 44.2 Å². The van der Waals surface area contributed by atoms with Crippen LogP contribution in [-0.4, -0.2) is 75.9 Å². The zero-order chi connectivity index (χ0) is 40.8. The van der Waals surface area contributed by atoms with Crippen LogP contribution in [0.1, 0.15) is 37.3 Å². The summed E-state index contributed by atoms with van der Waals surface area (Å²) in [6.45, 7) is 10.7. The van der Waals surface area contributed by atoms with Crippen molar-refractivity contribution in [1.82, 2.24) is 10.6 Å². The third-order valence-corrected chi connectivity index (χ3v) is 9.20. The average Bonchev–Trinajstić information content (AvgIpc) is 3.82. The molecular formula is C45H46N2O10. The second-order valence-corrected chi connectivity index (χ2v) is 13.3. The fraction of sp³-hybridized carbons (Fsp3) is 0.378. The zero-order valence-electron chi connectivity index (χ0n) is 32.1. The van der Waals surface area contributed by atoms with E-state index in [4.69, 9.17) is 28.4 Å². The topological polar surface area (TPSA) is 148 Å². The van der Waals surface area contributed by atoms with Crippen LogP contribution in [-0.2, 0) is 28.5 Å². The first-order valence-corrected chi connectivity index (χ1v) is 18.5. The molecule has 2 aromatic rings. The van der Waals surface area contributed by atoms with E-state index in [1.807, 2.05) is 19.1 Å². The van der Waals surface area contributed by atoms with Gasteiger partial charge in [0.2, 0.25) is 0 Å². The lowest BCUT2D eigenvalue weighted by atomic mass is 9.80. The Bertz CT molecular complexity index is 1980. The lowest BCUT2D eigenvalue weighted by molar-refractivity contribution is -0.142. The van der Waals surface area contributed by atoms with Gasteiger partial charge in [0.25, 0.3) is 0 Å². The molecule has 2 bridgehead atoms. The molecule has 0 saturated heterocycles. The van der Waals surface area contributed by atoms with Crippen molar-refractivity contribution in [2.45, 2.75) is 45.3 Å². The smallest absolute Gasteiger partial charge is 0.407 e. The lowest BCUT2D eigenvalue weighted by Crippen LogP contribution is -2.41. The Morgan fingerprint density at radius 2 is 1.16 bits per heavy atom. The van der Waals surface area contributed by atoms with Gasteiger partial charge in [-0.15, -0.1) is 0 Å². The average molecular weight is 775 g/mol. The highest BCUT2D eigenvalue weighted by atomic mass is 16.6. The number of nitrogens with one attached hydrogen (secondary N) is 2. The summed E-state index contributed by atoms with van der Waals surface area (Å²) in [4.78, 5) is 49.2. The van der Waals surface area contributed by atoms with Gasteiger partial charge in [-0.25, -0.2) is 19.2 Å². The normalized spacial score (nSPS) is 17.9. The largest absolute Gasteiger partial charge is 0.490 e. The highest BCUT2D eigenvalue weighted by Gasteiger charge is 2.46. The second-order valence-electron chi connectivity index (χ2n) is 13.3. The van der Waals surface area contributed by atoms with Gasteiger partial charge < -0.3 is 39.1 Å². The Morgan fingerprint density at radius 1 is 0.684 bits per heavy atom. The number of hydrogen-bond donors (Lipinski definition) is 2. The maximum Gasteiger partial charge on any atom is 0.407 e. The number of fused-ring (bicyclic) bond motifs is 2. The Labute approximate surface area is 334 Å². The van der Waals surface area contributed by atoms with Crippen LogP contribution in [0.5, 0.6) is 11.5 Å². The molecule has 2 fully saturated rings. The third kappa shape index (κ3) is 15.5. The summed E-state index contributed by atoms with van der Waals surface area (Å²) >= 11 is 0. The number of carbonyl (C=O) groups is 4. The number of benzene rings is 2. The van der Waals surface area contributed by atoms with Crippen molar-refractivity contribution in [3.05, 3.63) is 85.0 Å². The van der Waals surface area contributed by atoms with Crippen molar-refractivity contribution in [2.24, 2.45) is 23.7 Å². The fourth-order valence-corrected chi connectivity index (χ4v) is 6.57. The molecule has 0 heterocycles. The minimum Gasteiger partial charge on any atom is -0.490 e. The molecule has 2 N–H and O–H groups in total. The van der Waals surface area contributed by atoms with Gasteiger partial charge in [0.1, 0.15) is 37.9 Å². The van der Waals surface area contributed by atoms with Crippen molar-refractivity contribution in [1.29, 1.82) is 0 Å². The molecule has 4 rings (SSSR count). The third-order valence-electron chi connectivity index (χ3n) is 9.20. The van der Waals surface area contributed by atoms with Gasteiger partial charge in [0.05, 0.1) is 0 Å². The van der Waals surface area contributed by atoms with Gasteiger partial charge in [0, 0.05) is 30.8 Å². The van der Waals surface area contributed by atoms with Crippen molar-refractivity contribution in [2.75, 3.05) is 39.5 Å². The molecule has 0 radical (unpaired) electrons. The zero-order valence-corrected chi connectivity index (χ0v) is 32.1. The fourth-order valence-electron chi connectivity index (χ4n) is 6.57. The Balaban J connectivity index is 1.23. The number of carbonyl (C=O) groups excluding carboxylic acids is 4. The number of ether oxygens (including phenoxy) is 6. The molecule has 6 atom stereocenters. The Hall–Kier alpha value is -6.76. The van der Waals surface area contributed by atoms with E-state index in [1.54, 1.807) is 43.3 Å². The summed E-state index contributed by atoms with van der Waals surface area (Å²) < 4.78 is 33.1.